The standard InChI is InChI=1S/C15H20BrN/c1-17-15-9-6-14(7-10-15,8-11-15)12-4-2-3-5-13(12)16/h2-5,17H,6-11H2,1H3. The van der Waals surface area contributed by atoms with Crippen molar-refractivity contribution in [3.05, 3.63) is 34.3 Å². The molecule has 0 atom stereocenters. The summed E-state index contributed by atoms with van der Waals surface area (Å²) in [4.78, 5) is 0. The van der Waals surface area contributed by atoms with Crippen molar-refractivity contribution in [1.29, 1.82) is 0 Å². The number of halogens is 1. The summed E-state index contributed by atoms with van der Waals surface area (Å²) in [6, 6.07) is 8.82. The molecular formula is C15H20BrN. The van der Waals surface area contributed by atoms with Crippen LogP contribution in [-0.4, -0.2) is 12.6 Å². The van der Waals surface area contributed by atoms with Gasteiger partial charge in [-0.1, -0.05) is 34.1 Å². The van der Waals surface area contributed by atoms with Crippen LogP contribution in [0.2, 0.25) is 0 Å². The van der Waals surface area contributed by atoms with Crippen LogP contribution in [0.3, 0.4) is 0 Å². The van der Waals surface area contributed by atoms with Crippen LogP contribution in [0.25, 0.3) is 0 Å². The molecule has 0 amide bonds. The predicted molar refractivity (Wildman–Crippen MR) is 75.3 cm³/mol. The van der Waals surface area contributed by atoms with E-state index in [1.165, 1.54) is 43.0 Å². The highest BCUT2D eigenvalue weighted by atomic mass is 79.9. The largest absolute Gasteiger partial charge is 0.314 e. The molecule has 3 aliphatic rings. The minimum absolute atomic E-state index is 0.457. The summed E-state index contributed by atoms with van der Waals surface area (Å²) in [6.45, 7) is 0. The van der Waals surface area contributed by atoms with Gasteiger partial charge in [-0.25, -0.2) is 0 Å². The minimum atomic E-state index is 0.457. The second kappa shape index (κ2) is 4.10. The van der Waals surface area contributed by atoms with Crippen LogP contribution in [0.4, 0.5) is 0 Å². The SMILES string of the molecule is CNC12CCC(c3ccccc3Br)(CC1)CC2. The third kappa shape index (κ3) is 1.77. The van der Waals surface area contributed by atoms with Crippen molar-refractivity contribution in [3.63, 3.8) is 0 Å². The number of hydrogen-bond donors (Lipinski definition) is 1. The van der Waals surface area contributed by atoms with Crippen molar-refractivity contribution >= 4 is 15.9 Å². The zero-order valence-corrected chi connectivity index (χ0v) is 12.0. The van der Waals surface area contributed by atoms with Crippen molar-refractivity contribution in [2.75, 3.05) is 7.05 Å². The van der Waals surface area contributed by atoms with Crippen LogP contribution in [0.15, 0.2) is 28.7 Å². The van der Waals surface area contributed by atoms with E-state index in [1.54, 1.807) is 5.56 Å². The van der Waals surface area contributed by atoms with Crippen molar-refractivity contribution in [2.24, 2.45) is 0 Å². The molecular weight excluding hydrogens is 274 g/mol. The molecule has 0 spiro atoms. The molecule has 3 saturated carbocycles. The summed E-state index contributed by atoms with van der Waals surface area (Å²) in [5, 5.41) is 3.58. The smallest absolute Gasteiger partial charge is 0.0212 e. The molecule has 1 nitrogen and oxygen atoms in total. The Morgan fingerprint density at radius 2 is 1.59 bits per heavy atom. The molecule has 3 fully saturated rings. The van der Waals surface area contributed by atoms with Gasteiger partial charge in [-0.15, -0.1) is 0 Å². The van der Waals surface area contributed by atoms with Crippen molar-refractivity contribution in [2.45, 2.75) is 49.5 Å². The highest BCUT2D eigenvalue weighted by molar-refractivity contribution is 9.10. The Morgan fingerprint density at radius 3 is 2.12 bits per heavy atom. The monoisotopic (exact) mass is 293 g/mol. The van der Waals surface area contributed by atoms with E-state index >= 15 is 0 Å². The normalized spacial score (nSPS) is 36.1. The maximum Gasteiger partial charge on any atom is 0.0212 e. The molecule has 0 aromatic heterocycles. The molecule has 2 bridgehead atoms. The Kier molecular flexibility index (Phi) is 2.83. The molecule has 0 saturated heterocycles. The van der Waals surface area contributed by atoms with Gasteiger partial charge in [0.2, 0.25) is 0 Å². The second-order valence-electron chi connectivity index (χ2n) is 5.79. The van der Waals surface area contributed by atoms with Crippen LogP contribution in [0.5, 0.6) is 0 Å². The van der Waals surface area contributed by atoms with E-state index in [0.717, 1.165) is 0 Å². The van der Waals surface area contributed by atoms with E-state index in [1.807, 2.05) is 0 Å². The van der Waals surface area contributed by atoms with Gasteiger partial charge >= 0.3 is 0 Å². The third-order valence-corrected chi connectivity index (χ3v) is 5.91. The minimum Gasteiger partial charge on any atom is -0.314 e. The predicted octanol–water partition coefficient (Wildman–Crippen LogP) is 4.01. The van der Waals surface area contributed by atoms with Crippen LogP contribution < -0.4 is 5.32 Å². The van der Waals surface area contributed by atoms with Crippen molar-refractivity contribution in [3.8, 4) is 0 Å². The summed E-state index contributed by atoms with van der Waals surface area (Å²) in [5.41, 5.74) is 2.46. The average molecular weight is 294 g/mol. The van der Waals surface area contributed by atoms with Gasteiger partial charge in [0.15, 0.2) is 0 Å². The fraction of sp³-hybridized carbons (Fsp3) is 0.600. The Morgan fingerprint density at radius 1 is 1.00 bits per heavy atom. The zero-order valence-electron chi connectivity index (χ0n) is 10.4. The molecule has 17 heavy (non-hydrogen) atoms. The first-order valence-electron chi connectivity index (χ1n) is 6.64. The molecule has 1 N–H and O–H groups in total. The van der Waals surface area contributed by atoms with Crippen LogP contribution in [-0.2, 0) is 5.41 Å². The lowest BCUT2D eigenvalue weighted by molar-refractivity contribution is 0.0830. The van der Waals surface area contributed by atoms with Gasteiger partial charge in [0.25, 0.3) is 0 Å². The van der Waals surface area contributed by atoms with E-state index in [2.05, 4.69) is 52.6 Å². The Bertz CT molecular complexity index is 402. The van der Waals surface area contributed by atoms with E-state index in [9.17, 15) is 0 Å². The van der Waals surface area contributed by atoms with Gasteiger partial charge in [0.05, 0.1) is 0 Å². The number of benzene rings is 1. The molecule has 0 heterocycles. The summed E-state index contributed by atoms with van der Waals surface area (Å²) < 4.78 is 1.30. The molecule has 1 aromatic carbocycles. The third-order valence-electron chi connectivity index (χ3n) is 5.22. The summed E-state index contributed by atoms with van der Waals surface area (Å²) >= 11 is 3.74. The summed E-state index contributed by atoms with van der Waals surface area (Å²) in [7, 11) is 2.14. The Labute approximate surface area is 112 Å². The first kappa shape index (κ1) is 11.7. The molecule has 92 valence electrons. The maximum absolute atomic E-state index is 3.74. The van der Waals surface area contributed by atoms with E-state index in [4.69, 9.17) is 0 Å². The fourth-order valence-corrected chi connectivity index (χ4v) is 4.56. The first-order valence-corrected chi connectivity index (χ1v) is 7.43. The highest BCUT2D eigenvalue weighted by Gasteiger charge is 2.48. The summed E-state index contributed by atoms with van der Waals surface area (Å²) in [6.07, 6.45) is 8.05. The van der Waals surface area contributed by atoms with Gasteiger partial charge in [-0.05, 0) is 62.6 Å². The molecule has 0 radical (unpaired) electrons. The average Bonchev–Trinajstić information content (AvgIpc) is 2.41. The topological polar surface area (TPSA) is 12.0 Å². The van der Waals surface area contributed by atoms with E-state index in [0.29, 0.717) is 11.0 Å². The molecule has 3 aliphatic carbocycles. The van der Waals surface area contributed by atoms with Gasteiger partial charge in [-0.3, -0.25) is 0 Å². The van der Waals surface area contributed by atoms with Crippen LogP contribution in [0, 0.1) is 0 Å². The molecule has 1 aromatic rings. The van der Waals surface area contributed by atoms with Gasteiger partial charge in [0, 0.05) is 10.0 Å². The highest BCUT2D eigenvalue weighted by Crippen LogP contribution is 2.54. The fourth-order valence-electron chi connectivity index (χ4n) is 3.86. The zero-order chi connectivity index (χ0) is 11.9. The molecule has 4 rings (SSSR count). The van der Waals surface area contributed by atoms with Gasteiger partial charge < -0.3 is 5.32 Å². The number of fused-ring (bicyclic) bond motifs is 3. The van der Waals surface area contributed by atoms with Crippen LogP contribution in [0.1, 0.15) is 44.1 Å². The number of nitrogens with one attached hydrogen (secondary N) is 1. The van der Waals surface area contributed by atoms with E-state index < -0.39 is 0 Å². The van der Waals surface area contributed by atoms with Crippen molar-refractivity contribution < 1.29 is 0 Å². The Hall–Kier alpha value is -0.340. The quantitative estimate of drug-likeness (QED) is 0.869. The van der Waals surface area contributed by atoms with Gasteiger partial charge in [-0.2, -0.15) is 0 Å². The lowest BCUT2D eigenvalue weighted by Gasteiger charge is -2.54. The van der Waals surface area contributed by atoms with Crippen LogP contribution >= 0.6 is 15.9 Å². The Balaban J connectivity index is 1.93. The first-order chi connectivity index (χ1) is 8.20. The molecule has 0 aliphatic heterocycles. The number of hydrogen-bond acceptors (Lipinski definition) is 1. The molecule has 2 heteroatoms. The van der Waals surface area contributed by atoms with E-state index in [-0.39, 0.29) is 0 Å². The summed E-state index contributed by atoms with van der Waals surface area (Å²) in [5.74, 6) is 0. The molecule has 0 unspecified atom stereocenters. The van der Waals surface area contributed by atoms with Gasteiger partial charge in [0.1, 0.15) is 0 Å². The lowest BCUT2D eigenvalue weighted by atomic mass is 9.55. The second-order valence-corrected chi connectivity index (χ2v) is 6.64. The lowest BCUT2D eigenvalue weighted by Crippen LogP contribution is -2.55. The number of rotatable bonds is 2. The maximum atomic E-state index is 3.74. The van der Waals surface area contributed by atoms with Crippen molar-refractivity contribution in [1.82, 2.24) is 5.32 Å².